The van der Waals surface area contributed by atoms with E-state index in [4.69, 9.17) is 19.4 Å². The van der Waals surface area contributed by atoms with E-state index in [1.54, 1.807) is 0 Å². The number of furan rings is 1. The van der Waals surface area contributed by atoms with Crippen LogP contribution in [0.4, 0.5) is 0 Å². The smallest absolute Gasteiger partial charge is 0.164 e. The minimum absolute atomic E-state index is 0.264. The SMILES string of the molecule is CC1(C)c2ccccc2-c2c1cc(-c1nc(-c3ccc4sc5ccccc5c4c3)nc(-c3ccc4ccc5ccc6ccccc6c5c4c3)n1)c1c2oc2ccccc21. The third-order valence-electron chi connectivity index (χ3n) is 12.7. The summed E-state index contributed by atoms with van der Waals surface area (Å²) in [6.07, 6.45) is 0. The van der Waals surface area contributed by atoms with Crippen molar-refractivity contribution in [3.63, 3.8) is 0 Å². The molecular weight excluding hydrogens is 739 g/mol. The lowest BCUT2D eigenvalue weighted by molar-refractivity contribution is 0.653. The quantitative estimate of drug-likeness (QED) is 0.168. The molecule has 13 rings (SSSR count). The number of benzene rings is 9. The Morgan fingerprint density at radius 2 is 1.05 bits per heavy atom. The predicted molar refractivity (Wildman–Crippen MR) is 246 cm³/mol. The topological polar surface area (TPSA) is 51.8 Å². The van der Waals surface area contributed by atoms with Gasteiger partial charge in [-0.3, -0.25) is 0 Å². The Balaban J connectivity index is 1.12. The van der Waals surface area contributed by atoms with E-state index >= 15 is 0 Å². The molecule has 0 saturated heterocycles. The highest BCUT2D eigenvalue weighted by Gasteiger charge is 2.39. The number of thiophene rings is 1. The average molecular weight is 772 g/mol. The third-order valence-corrected chi connectivity index (χ3v) is 13.8. The minimum atomic E-state index is -0.264. The molecule has 0 fully saturated rings. The Labute approximate surface area is 343 Å². The van der Waals surface area contributed by atoms with E-state index in [2.05, 4.69) is 172 Å². The molecule has 0 bridgehead atoms. The van der Waals surface area contributed by atoms with Crippen molar-refractivity contribution in [2.24, 2.45) is 0 Å². The van der Waals surface area contributed by atoms with Gasteiger partial charge in [0.1, 0.15) is 11.2 Å². The van der Waals surface area contributed by atoms with Crippen molar-refractivity contribution in [3.05, 3.63) is 175 Å². The molecule has 1 aliphatic carbocycles. The van der Waals surface area contributed by atoms with Crippen LogP contribution in [0.2, 0.25) is 0 Å². The molecule has 0 saturated carbocycles. The molecule has 0 radical (unpaired) electrons. The summed E-state index contributed by atoms with van der Waals surface area (Å²) in [4.78, 5) is 16.2. The van der Waals surface area contributed by atoms with Crippen LogP contribution < -0.4 is 0 Å². The first kappa shape index (κ1) is 32.8. The summed E-state index contributed by atoms with van der Waals surface area (Å²) >= 11 is 1.81. The molecule has 12 aromatic rings. The fourth-order valence-electron chi connectivity index (χ4n) is 9.81. The van der Waals surface area contributed by atoms with Gasteiger partial charge in [0.15, 0.2) is 17.5 Å². The first-order valence-corrected chi connectivity index (χ1v) is 20.9. The Morgan fingerprint density at radius 1 is 0.441 bits per heavy atom. The zero-order chi connectivity index (χ0) is 39.0. The molecule has 0 atom stereocenters. The molecule has 9 aromatic carbocycles. The Bertz CT molecular complexity index is 3770. The lowest BCUT2D eigenvalue weighted by Crippen LogP contribution is -2.15. The van der Waals surface area contributed by atoms with Crippen LogP contribution in [0.25, 0.3) is 120 Å². The zero-order valence-electron chi connectivity index (χ0n) is 32.2. The van der Waals surface area contributed by atoms with Gasteiger partial charge >= 0.3 is 0 Å². The van der Waals surface area contributed by atoms with Crippen LogP contribution in [-0.4, -0.2) is 15.0 Å². The zero-order valence-corrected chi connectivity index (χ0v) is 33.1. The maximum absolute atomic E-state index is 6.87. The van der Waals surface area contributed by atoms with Crippen molar-refractivity contribution in [2.75, 3.05) is 0 Å². The van der Waals surface area contributed by atoms with Crippen LogP contribution in [0, 0.1) is 0 Å². The highest BCUT2D eigenvalue weighted by atomic mass is 32.1. The molecule has 0 amide bonds. The number of aromatic nitrogens is 3. The highest BCUT2D eigenvalue weighted by Crippen LogP contribution is 2.54. The molecule has 5 heteroatoms. The Hall–Kier alpha value is -7.21. The minimum Gasteiger partial charge on any atom is -0.455 e. The van der Waals surface area contributed by atoms with Crippen LogP contribution in [0.15, 0.2) is 168 Å². The van der Waals surface area contributed by atoms with Crippen LogP contribution in [-0.2, 0) is 5.41 Å². The third kappa shape index (κ3) is 4.68. The maximum Gasteiger partial charge on any atom is 0.164 e. The largest absolute Gasteiger partial charge is 0.455 e. The summed E-state index contributed by atoms with van der Waals surface area (Å²) in [5.41, 5.74) is 9.14. The van der Waals surface area contributed by atoms with E-state index in [0.29, 0.717) is 17.5 Å². The standard InChI is InChI=1S/C54H33N3OS/c1-54(2)42-16-8-5-14-37(42)49-43(54)29-41(48-38-15-6-9-17-44(38)58-50(48)49)53-56-51(55-52(57-53)34-25-26-46-40(28-34)36-13-7-10-18-45(36)59-46)33-24-21-31-20-23-32-22-19-30-11-3-4-12-35(30)47(32)39(31)27-33/h3-29H,1-2H3. The van der Waals surface area contributed by atoms with Gasteiger partial charge in [0.25, 0.3) is 0 Å². The summed E-state index contributed by atoms with van der Waals surface area (Å²) in [5, 5.41) is 11.7. The second-order valence-corrected chi connectivity index (χ2v) is 17.4. The van der Waals surface area contributed by atoms with E-state index in [1.807, 2.05) is 17.4 Å². The van der Waals surface area contributed by atoms with Crippen LogP contribution in [0.5, 0.6) is 0 Å². The molecule has 3 heterocycles. The fourth-order valence-corrected chi connectivity index (χ4v) is 10.9. The van der Waals surface area contributed by atoms with Crippen molar-refractivity contribution in [1.29, 1.82) is 0 Å². The predicted octanol–water partition coefficient (Wildman–Crippen LogP) is 14.9. The van der Waals surface area contributed by atoms with Crippen molar-refractivity contribution in [1.82, 2.24) is 15.0 Å². The van der Waals surface area contributed by atoms with Gasteiger partial charge in [-0.2, -0.15) is 0 Å². The van der Waals surface area contributed by atoms with Gasteiger partial charge < -0.3 is 4.42 Å². The molecule has 0 N–H and O–H groups in total. The van der Waals surface area contributed by atoms with Crippen molar-refractivity contribution in [2.45, 2.75) is 19.3 Å². The molecule has 276 valence electrons. The van der Waals surface area contributed by atoms with Crippen molar-refractivity contribution >= 4 is 85.8 Å². The van der Waals surface area contributed by atoms with Crippen molar-refractivity contribution < 1.29 is 4.42 Å². The molecular formula is C54H33N3OS. The number of hydrogen-bond donors (Lipinski definition) is 0. The summed E-state index contributed by atoms with van der Waals surface area (Å²) in [6.45, 7) is 4.62. The number of para-hydroxylation sites is 1. The molecule has 0 unspecified atom stereocenters. The molecule has 4 nitrogen and oxygen atoms in total. The molecule has 0 spiro atoms. The highest BCUT2D eigenvalue weighted by molar-refractivity contribution is 7.25. The lowest BCUT2D eigenvalue weighted by atomic mass is 9.81. The normalized spacial score (nSPS) is 13.4. The second-order valence-electron chi connectivity index (χ2n) is 16.3. The lowest BCUT2D eigenvalue weighted by Gasteiger charge is -2.22. The summed E-state index contributed by atoms with van der Waals surface area (Å²) in [6, 6.07) is 58.8. The Kier molecular flexibility index (Phi) is 6.63. The molecule has 0 aliphatic heterocycles. The summed E-state index contributed by atoms with van der Waals surface area (Å²) in [7, 11) is 0. The monoisotopic (exact) mass is 771 g/mol. The number of nitrogens with zero attached hydrogens (tertiary/aromatic N) is 3. The van der Waals surface area contributed by atoms with Gasteiger partial charge in [-0.25, -0.2) is 15.0 Å². The first-order chi connectivity index (χ1) is 29.0. The van der Waals surface area contributed by atoms with Gasteiger partial charge in [-0.1, -0.05) is 135 Å². The second kappa shape index (κ2) is 11.9. The van der Waals surface area contributed by atoms with Gasteiger partial charge in [0.05, 0.1) is 0 Å². The average Bonchev–Trinajstić information content (AvgIpc) is 3.93. The fraction of sp³-hybridized carbons (Fsp3) is 0.0556. The number of rotatable bonds is 3. The number of fused-ring (bicyclic) bond motifs is 15. The summed E-state index contributed by atoms with van der Waals surface area (Å²) < 4.78 is 9.38. The molecule has 1 aliphatic rings. The number of hydrogen-bond acceptors (Lipinski definition) is 5. The van der Waals surface area contributed by atoms with E-state index in [-0.39, 0.29) is 5.41 Å². The Morgan fingerprint density at radius 3 is 1.90 bits per heavy atom. The van der Waals surface area contributed by atoms with Crippen LogP contribution in [0.3, 0.4) is 0 Å². The van der Waals surface area contributed by atoms with E-state index in [9.17, 15) is 0 Å². The maximum atomic E-state index is 6.87. The van der Waals surface area contributed by atoms with E-state index in [0.717, 1.165) is 44.2 Å². The van der Waals surface area contributed by atoms with Crippen LogP contribution >= 0.6 is 11.3 Å². The molecule has 59 heavy (non-hydrogen) atoms. The van der Waals surface area contributed by atoms with E-state index in [1.165, 1.54) is 69.2 Å². The van der Waals surface area contributed by atoms with Gasteiger partial charge in [-0.05, 0) is 91.5 Å². The van der Waals surface area contributed by atoms with Gasteiger partial charge in [0.2, 0.25) is 0 Å². The van der Waals surface area contributed by atoms with Crippen LogP contribution in [0.1, 0.15) is 25.0 Å². The first-order valence-electron chi connectivity index (χ1n) is 20.1. The van der Waals surface area contributed by atoms with Crippen molar-refractivity contribution in [3.8, 4) is 45.3 Å². The molecule has 3 aromatic heterocycles. The van der Waals surface area contributed by atoms with E-state index < -0.39 is 0 Å². The van der Waals surface area contributed by atoms with Gasteiger partial charge in [0, 0.05) is 58.6 Å². The summed E-state index contributed by atoms with van der Waals surface area (Å²) in [5.74, 6) is 1.88. The van der Waals surface area contributed by atoms with Gasteiger partial charge in [-0.15, -0.1) is 11.3 Å².